The first-order chi connectivity index (χ1) is 8.16. The minimum atomic E-state index is -0.882. The molecule has 0 saturated carbocycles. The van der Waals surface area contributed by atoms with Crippen LogP contribution in [0.15, 0.2) is 18.3 Å². The lowest BCUT2D eigenvalue weighted by atomic mass is 10.0. The van der Waals surface area contributed by atoms with E-state index in [1.54, 1.807) is 6.20 Å². The Hall–Kier alpha value is -1.97. The van der Waals surface area contributed by atoms with E-state index in [-0.39, 0.29) is 0 Å². The smallest absolute Gasteiger partial charge is 0.337 e. The number of benzene rings is 1. The van der Waals surface area contributed by atoms with E-state index >= 15 is 0 Å². The van der Waals surface area contributed by atoms with Gasteiger partial charge in [-0.05, 0) is 24.5 Å². The van der Waals surface area contributed by atoms with Crippen LogP contribution in [0.1, 0.15) is 22.3 Å². The molecule has 0 unspecified atom stereocenters. The maximum atomic E-state index is 11.2. The molecule has 2 aromatic rings. The van der Waals surface area contributed by atoms with Crippen molar-refractivity contribution in [2.24, 2.45) is 7.05 Å². The molecule has 0 atom stereocenters. The Balaban J connectivity index is 2.31. The Morgan fingerprint density at radius 2 is 2.29 bits per heavy atom. The summed E-state index contributed by atoms with van der Waals surface area (Å²) in [6, 6.07) is 3.89. The van der Waals surface area contributed by atoms with Crippen molar-refractivity contribution < 1.29 is 14.6 Å². The van der Waals surface area contributed by atoms with Gasteiger partial charge in [0.2, 0.25) is 0 Å². The van der Waals surface area contributed by atoms with Crippen molar-refractivity contribution in [2.75, 3.05) is 6.61 Å². The normalized spacial score (nSPS) is 14.4. The van der Waals surface area contributed by atoms with Crippen LogP contribution in [0.3, 0.4) is 0 Å². The van der Waals surface area contributed by atoms with Gasteiger partial charge < -0.3 is 14.4 Å². The van der Waals surface area contributed by atoms with Gasteiger partial charge in [-0.2, -0.15) is 0 Å². The third kappa shape index (κ3) is 1.48. The molecule has 0 saturated heterocycles. The second-order valence-corrected chi connectivity index (χ2v) is 4.39. The van der Waals surface area contributed by atoms with Crippen molar-refractivity contribution in [1.82, 2.24) is 4.57 Å². The number of rotatable bonds is 1. The predicted molar refractivity (Wildman–Crippen MR) is 63.7 cm³/mol. The topological polar surface area (TPSA) is 51.5 Å². The molecular formula is C13H13NO3. The Labute approximate surface area is 98.4 Å². The summed E-state index contributed by atoms with van der Waals surface area (Å²) in [5.41, 5.74) is 2.37. The maximum Gasteiger partial charge on any atom is 0.337 e. The van der Waals surface area contributed by atoms with Crippen molar-refractivity contribution in [3.63, 3.8) is 0 Å². The molecule has 17 heavy (non-hydrogen) atoms. The van der Waals surface area contributed by atoms with Gasteiger partial charge in [-0.3, -0.25) is 0 Å². The minimum Gasteiger partial charge on any atom is -0.493 e. The van der Waals surface area contributed by atoms with Crippen LogP contribution in [0.25, 0.3) is 10.9 Å². The molecule has 88 valence electrons. The van der Waals surface area contributed by atoms with E-state index < -0.39 is 5.97 Å². The van der Waals surface area contributed by atoms with E-state index in [9.17, 15) is 4.79 Å². The van der Waals surface area contributed by atoms with E-state index in [0.717, 1.165) is 41.7 Å². The van der Waals surface area contributed by atoms with Crippen LogP contribution in [0, 0.1) is 0 Å². The number of carbonyl (C=O) groups is 1. The number of nitrogens with zero attached hydrogens (tertiary/aromatic N) is 1. The summed E-state index contributed by atoms with van der Waals surface area (Å²) in [6.07, 6.45) is 3.60. The third-order valence-corrected chi connectivity index (χ3v) is 3.25. The van der Waals surface area contributed by atoms with Crippen molar-refractivity contribution in [1.29, 1.82) is 0 Å². The molecule has 0 fully saturated rings. The number of aryl methyl sites for hydroxylation is 2. The average molecular weight is 231 g/mol. The van der Waals surface area contributed by atoms with E-state index in [4.69, 9.17) is 9.84 Å². The number of hydrogen-bond acceptors (Lipinski definition) is 2. The predicted octanol–water partition coefficient (Wildman–Crippen LogP) is 2.20. The Bertz CT molecular complexity index is 613. The van der Waals surface area contributed by atoms with Crippen LogP contribution in [0.2, 0.25) is 0 Å². The SMILES string of the molecule is Cn1cc(C(=O)O)c2cc3c(cc21)OCCC3. The summed E-state index contributed by atoms with van der Waals surface area (Å²) in [7, 11) is 1.85. The van der Waals surface area contributed by atoms with E-state index in [0.29, 0.717) is 5.56 Å². The molecule has 3 rings (SSSR count). The number of carboxylic acids is 1. The largest absolute Gasteiger partial charge is 0.493 e. The van der Waals surface area contributed by atoms with Gasteiger partial charge in [0, 0.05) is 24.7 Å². The molecule has 1 aromatic heterocycles. The monoisotopic (exact) mass is 231 g/mol. The number of fused-ring (bicyclic) bond motifs is 2. The number of aromatic nitrogens is 1. The van der Waals surface area contributed by atoms with E-state index in [1.165, 1.54) is 0 Å². The van der Waals surface area contributed by atoms with Crippen LogP contribution in [-0.2, 0) is 13.5 Å². The van der Waals surface area contributed by atoms with Gasteiger partial charge in [0.25, 0.3) is 0 Å². The molecular weight excluding hydrogens is 218 g/mol. The van der Waals surface area contributed by atoms with Crippen molar-refractivity contribution in [3.8, 4) is 5.75 Å². The second-order valence-electron chi connectivity index (χ2n) is 4.39. The lowest BCUT2D eigenvalue weighted by Crippen LogP contribution is -2.08. The molecule has 0 radical (unpaired) electrons. The van der Waals surface area contributed by atoms with Gasteiger partial charge >= 0.3 is 5.97 Å². The Morgan fingerprint density at radius 1 is 1.47 bits per heavy atom. The van der Waals surface area contributed by atoms with E-state index in [1.807, 2.05) is 23.7 Å². The summed E-state index contributed by atoms with van der Waals surface area (Å²) in [6.45, 7) is 0.745. The van der Waals surface area contributed by atoms with Gasteiger partial charge in [-0.1, -0.05) is 0 Å². The highest BCUT2D eigenvalue weighted by molar-refractivity contribution is 6.04. The average Bonchev–Trinajstić information content (AvgIpc) is 2.64. The van der Waals surface area contributed by atoms with Crippen LogP contribution >= 0.6 is 0 Å². The molecule has 2 heterocycles. The van der Waals surface area contributed by atoms with Crippen LogP contribution in [0.5, 0.6) is 5.75 Å². The summed E-state index contributed by atoms with van der Waals surface area (Å²) in [5, 5.41) is 9.95. The first-order valence-corrected chi connectivity index (χ1v) is 5.65. The number of hydrogen-bond donors (Lipinski definition) is 1. The van der Waals surface area contributed by atoms with E-state index in [2.05, 4.69) is 0 Å². The first-order valence-electron chi connectivity index (χ1n) is 5.65. The molecule has 0 amide bonds. The number of aromatic carboxylic acids is 1. The second kappa shape index (κ2) is 3.52. The Kier molecular flexibility index (Phi) is 2.11. The van der Waals surface area contributed by atoms with Crippen molar-refractivity contribution >= 4 is 16.9 Å². The van der Waals surface area contributed by atoms with Gasteiger partial charge in [0.15, 0.2) is 0 Å². The molecule has 4 heteroatoms. The summed E-state index contributed by atoms with van der Waals surface area (Å²) >= 11 is 0. The van der Waals surface area contributed by atoms with Crippen molar-refractivity contribution in [3.05, 3.63) is 29.5 Å². The van der Waals surface area contributed by atoms with Gasteiger partial charge in [0.1, 0.15) is 5.75 Å². The highest BCUT2D eigenvalue weighted by atomic mass is 16.5. The zero-order chi connectivity index (χ0) is 12.0. The summed E-state index contributed by atoms with van der Waals surface area (Å²) in [4.78, 5) is 11.2. The fourth-order valence-corrected chi connectivity index (χ4v) is 2.40. The zero-order valence-electron chi connectivity index (χ0n) is 9.56. The lowest BCUT2D eigenvalue weighted by molar-refractivity contribution is 0.0699. The molecule has 0 bridgehead atoms. The minimum absolute atomic E-state index is 0.357. The zero-order valence-corrected chi connectivity index (χ0v) is 9.56. The fourth-order valence-electron chi connectivity index (χ4n) is 2.40. The maximum absolute atomic E-state index is 11.2. The first kappa shape index (κ1) is 10.2. The summed E-state index contributed by atoms with van der Waals surface area (Å²) < 4.78 is 7.43. The highest BCUT2D eigenvalue weighted by Crippen LogP contribution is 2.32. The third-order valence-electron chi connectivity index (χ3n) is 3.25. The standard InChI is InChI=1S/C13H13NO3/c1-14-7-10(13(15)16)9-5-8-3-2-4-17-12(8)6-11(9)14/h5-7H,2-4H2,1H3,(H,15,16). The molecule has 4 nitrogen and oxygen atoms in total. The molecule has 0 aliphatic carbocycles. The van der Waals surface area contributed by atoms with Gasteiger partial charge in [-0.15, -0.1) is 0 Å². The highest BCUT2D eigenvalue weighted by Gasteiger charge is 2.17. The molecule has 1 N–H and O–H groups in total. The molecule has 1 aliphatic heterocycles. The van der Waals surface area contributed by atoms with Gasteiger partial charge in [0.05, 0.1) is 17.7 Å². The molecule has 1 aromatic carbocycles. The Morgan fingerprint density at radius 3 is 3.06 bits per heavy atom. The number of carboxylic acid groups (broad SMARTS) is 1. The van der Waals surface area contributed by atoms with Crippen LogP contribution in [0.4, 0.5) is 0 Å². The van der Waals surface area contributed by atoms with Crippen LogP contribution in [-0.4, -0.2) is 22.2 Å². The lowest BCUT2D eigenvalue weighted by Gasteiger charge is -2.17. The molecule has 1 aliphatic rings. The fraction of sp³-hybridized carbons (Fsp3) is 0.308. The summed E-state index contributed by atoms with van der Waals surface area (Å²) in [5.74, 6) is 0.00849. The van der Waals surface area contributed by atoms with Crippen LogP contribution < -0.4 is 4.74 Å². The quantitative estimate of drug-likeness (QED) is 0.818. The van der Waals surface area contributed by atoms with Crippen molar-refractivity contribution in [2.45, 2.75) is 12.8 Å². The van der Waals surface area contributed by atoms with Gasteiger partial charge in [-0.25, -0.2) is 4.79 Å². The number of ether oxygens (including phenoxy) is 1. The molecule has 0 spiro atoms.